The summed E-state index contributed by atoms with van der Waals surface area (Å²) in [6.07, 6.45) is 6.85. The van der Waals surface area contributed by atoms with Gasteiger partial charge in [0.25, 0.3) is 0 Å². The highest BCUT2D eigenvalue weighted by atomic mass is 32.1. The molecule has 0 bridgehead atoms. The number of benzene rings is 1. The Morgan fingerprint density at radius 3 is 2.95 bits per heavy atom. The third kappa shape index (κ3) is 3.51. The van der Waals surface area contributed by atoms with Gasteiger partial charge < -0.3 is 10.6 Å². The Morgan fingerprint density at radius 2 is 2.23 bits per heavy atom. The molecule has 0 fully saturated rings. The van der Waals surface area contributed by atoms with Crippen LogP contribution < -0.4 is 10.6 Å². The molecule has 6 heteroatoms. The molecule has 5 nitrogen and oxygen atoms in total. The first-order valence-electron chi connectivity index (χ1n) is 7.25. The Balaban J connectivity index is 1.69. The SMILES string of the molecule is CC(=O)Nc1ccc2nc(NC(=O)CC3C=CCC3)sc2c1. The minimum atomic E-state index is -0.109. The van der Waals surface area contributed by atoms with Crippen molar-refractivity contribution in [1.82, 2.24) is 4.98 Å². The number of rotatable bonds is 4. The van der Waals surface area contributed by atoms with Crippen LogP contribution in [0.2, 0.25) is 0 Å². The van der Waals surface area contributed by atoms with Crippen LogP contribution in [0.15, 0.2) is 30.4 Å². The van der Waals surface area contributed by atoms with Gasteiger partial charge in [0.2, 0.25) is 11.8 Å². The predicted molar refractivity (Wildman–Crippen MR) is 89.0 cm³/mol. The van der Waals surface area contributed by atoms with E-state index in [0.717, 1.165) is 28.7 Å². The van der Waals surface area contributed by atoms with E-state index < -0.39 is 0 Å². The van der Waals surface area contributed by atoms with Crippen molar-refractivity contribution in [2.24, 2.45) is 5.92 Å². The molecule has 0 radical (unpaired) electrons. The quantitative estimate of drug-likeness (QED) is 0.848. The number of hydrogen-bond acceptors (Lipinski definition) is 4. The average molecular weight is 315 g/mol. The van der Waals surface area contributed by atoms with Gasteiger partial charge in [0.05, 0.1) is 10.2 Å². The minimum Gasteiger partial charge on any atom is -0.326 e. The molecule has 3 rings (SSSR count). The van der Waals surface area contributed by atoms with Gasteiger partial charge in [-0.1, -0.05) is 23.5 Å². The first-order valence-corrected chi connectivity index (χ1v) is 8.06. The Labute approximate surface area is 132 Å². The summed E-state index contributed by atoms with van der Waals surface area (Å²) in [4.78, 5) is 27.5. The van der Waals surface area contributed by atoms with Crippen LogP contribution in [-0.2, 0) is 9.59 Å². The third-order valence-corrected chi connectivity index (χ3v) is 4.45. The van der Waals surface area contributed by atoms with E-state index in [1.54, 1.807) is 6.07 Å². The molecule has 1 unspecified atom stereocenters. The molecule has 0 saturated carbocycles. The summed E-state index contributed by atoms with van der Waals surface area (Å²) in [6.45, 7) is 1.47. The van der Waals surface area contributed by atoms with Crippen molar-refractivity contribution in [2.75, 3.05) is 10.6 Å². The summed E-state index contributed by atoms with van der Waals surface area (Å²) in [5.74, 6) is 0.237. The molecule has 1 heterocycles. The molecule has 0 spiro atoms. The standard InChI is InChI=1S/C16H17N3O2S/c1-10(20)17-12-6-7-13-14(9-12)22-16(18-13)19-15(21)8-11-4-2-3-5-11/h2,4,6-7,9,11H,3,5,8H2,1H3,(H,17,20)(H,18,19,21). The lowest BCUT2D eigenvalue weighted by Gasteiger charge is -2.06. The lowest BCUT2D eigenvalue weighted by atomic mass is 10.1. The Bertz CT molecular complexity index is 751. The number of thiazole rings is 1. The van der Waals surface area contributed by atoms with Crippen molar-refractivity contribution >= 4 is 44.2 Å². The van der Waals surface area contributed by atoms with Crippen molar-refractivity contribution in [1.29, 1.82) is 0 Å². The third-order valence-electron chi connectivity index (χ3n) is 3.52. The Hall–Kier alpha value is -2.21. The number of nitrogens with one attached hydrogen (secondary N) is 2. The summed E-state index contributed by atoms with van der Waals surface area (Å²) in [6, 6.07) is 5.51. The summed E-state index contributed by atoms with van der Waals surface area (Å²) < 4.78 is 0.933. The number of aromatic nitrogens is 1. The normalized spacial score (nSPS) is 16.9. The monoisotopic (exact) mass is 315 g/mol. The van der Waals surface area contributed by atoms with E-state index in [1.165, 1.54) is 18.3 Å². The molecule has 1 aliphatic carbocycles. The molecule has 2 amide bonds. The lowest BCUT2D eigenvalue weighted by Crippen LogP contribution is -2.14. The second kappa shape index (κ2) is 6.27. The van der Waals surface area contributed by atoms with E-state index in [9.17, 15) is 9.59 Å². The summed E-state index contributed by atoms with van der Waals surface area (Å²) >= 11 is 1.41. The number of anilines is 2. The molecule has 1 aromatic heterocycles. The number of nitrogens with zero attached hydrogens (tertiary/aromatic N) is 1. The highest BCUT2D eigenvalue weighted by molar-refractivity contribution is 7.22. The van der Waals surface area contributed by atoms with Gasteiger partial charge in [0, 0.05) is 19.0 Å². The second-order valence-electron chi connectivity index (χ2n) is 5.40. The number of hydrogen-bond donors (Lipinski definition) is 2. The fourth-order valence-corrected chi connectivity index (χ4v) is 3.45. The number of carbonyl (C=O) groups excluding carboxylic acids is 2. The number of allylic oxidation sites excluding steroid dienone is 2. The van der Waals surface area contributed by atoms with Gasteiger partial charge in [-0.3, -0.25) is 9.59 Å². The van der Waals surface area contributed by atoms with Crippen molar-refractivity contribution in [2.45, 2.75) is 26.2 Å². The largest absolute Gasteiger partial charge is 0.326 e. The van der Waals surface area contributed by atoms with E-state index in [0.29, 0.717) is 17.5 Å². The molecule has 2 N–H and O–H groups in total. The zero-order valence-corrected chi connectivity index (χ0v) is 13.1. The van der Waals surface area contributed by atoms with Gasteiger partial charge in [0.15, 0.2) is 5.13 Å². The van der Waals surface area contributed by atoms with E-state index >= 15 is 0 Å². The van der Waals surface area contributed by atoms with E-state index in [2.05, 4.69) is 27.8 Å². The molecule has 114 valence electrons. The summed E-state index contributed by atoms with van der Waals surface area (Å²) in [5.41, 5.74) is 1.55. The highest BCUT2D eigenvalue weighted by Crippen LogP contribution is 2.29. The smallest absolute Gasteiger partial charge is 0.226 e. The average Bonchev–Trinajstić information content (AvgIpc) is 3.06. The van der Waals surface area contributed by atoms with Gasteiger partial charge in [-0.25, -0.2) is 4.98 Å². The van der Waals surface area contributed by atoms with Crippen LogP contribution in [0.3, 0.4) is 0 Å². The topological polar surface area (TPSA) is 71.1 Å². The zero-order valence-electron chi connectivity index (χ0n) is 12.3. The highest BCUT2D eigenvalue weighted by Gasteiger charge is 2.15. The van der Waals surface area contributed by atoms with Crippen LogP contribution in [0.5, 0.6) is 0 Å². The second-order valence-corrected chi connectivity index (χ2v) is 6.43. The van der Waals surface area contributed by atoms with Crippen LogP contribution in [-0.4, -0.2) is 16.8 Å². The molecule has 22 heavy (non-hydrogen) atoms. The van der Waals surface area contributed by atoms with Gasteiger partial charge in [0.1, 0.15) is 0 Å². The molecular formula is C16H17N3O2S. The molecule has 0 saturated heterocycles. The van der Waals surface area contributed by atoms with E-state index in [1.807, 2.05) is 12.1 Å². The Morgan fingerprint density at radius 1 is 1.36 bits per heavy atom. The maximum atomic E-state index is 12.0. The van der Waals surface area contributed by atoms with Gasteiger partial charge in [-0.15, -0.1) is 0 Å². The fraction of sp³-hybridized carbons (Fsp3) is 0.312. The molecule has 1 atom stereocenters. The lowest BCUT2D eigenvalue weighted by molar-refractivity contribution is -0.117. The molecule has 2 aromatic rings. The molecule has 1 aromatic carbocycles. The summed E-state index contributed by atoms with van der Waals surface area (Å²) in [5, 5.41) is 6.20. The number of fused-ring (bicyclic) bond motifs is 1. The fourth-order valence-electron chi connectivity index (χ4n) is 2.53. The Kier molecular flexibility index (Phi) is 4.20. The minimum absolute atomic E-state index is 0.00214. The van der Waals surface area contributed by atoms with Crippen LogP contribution >= 0.6 is 11.3 Å². The van der Waals surface area contributed by atoms with Gasteiger partial charge >= 0.3 is 0 Å². The van der Waals surface area contributed by atoms with E-state index in [4.69, 9.17) is 0 Å². The van der Waals surface area contributed by atoms with Crippen molar-refractivity contribution in [3.8, 4) is 0 Å². The molecular weight excluding hydrogens is 298 g/mol. The maximum Gasteiger partial charge on any atom is 0.226 e. The first kappa shape index (κ1) is 14.7. The van der Waals surface area contributed by atoms with Crippen LogP contribution in [0.4, 0.5) is 10.8 Å². The number of amides is 2. The number of carbonyl (C=O) groups is 2. The maximum absolute atomic E-state index is 12.0. The zero-order chi connectivity index (χ0) is 15.5. The van der Waals surface area contributed by atoms with E-state index in [-0.39, 0.29) is 11.8 Å². The van der Waals surface area contributed by atoms with Crippen LogP contribution in [0.1, 0.15) is 26.2 Å². The van der Waals surface area contributed by atoms with Crippen molar-refractivity contribution < 1.29 is 9.59 Å². The van der Waals surface area contributed by atoms with Crippen molar-refractivity contribution in [3.05, 3.63) is 30.4 Å². The summed E-state index contributed by atoms with van der Waals surface area (Å²) in [7, 11) is 0. The van der Waals surface area contributed by atoms with Gasteiger partial charge in [-0.05, 0) is 37.0 Å². The predicted octanol–water partition coefficient (Wildman–Crippen LogP) is 3.55. The van der Waals surface area contributed by atoms with Crippen LogP contribution in [0, 0.1) is 5.92 Å². The van der Waals surface area contributed by atoms with Crippen LogP contribution in [0.25, 0.3) is 10.2 Å². The van der Waals surface area contributed by atoms with Crippen molar-refractivity contribution in [3.63, 3.8) is 0 Å². The van der Waals surface area contributed by atoms with Gasteiger partial charge in [-0.2, -0.15) is 0 Å². The first-order chi connectivity index (χ1) is 10.6. The molecule has 0 aliphatic heterocycles. The molecule has 1 aliphatic rings.